The van der Waals surface area contributed by atoms with Crippen LogP contribution in [0, 0.1) is 0 Å². The van der Waals surface area contributed by atoms with Crippen molar-refractivity contribution >= 4 is 29.9 Å². The number of benzene rings is 1. The Kier molecular flexibility index (Phi) is 7.80. The monoisotopic (exact) mass is 431 g/mol. The molecule has 0 saturated heterocycles. The van der Waals surface area contributed by atoms with Crippen LogP contribution < -0.4 is 11.1 Å². The van der Waals surface area contributed by atoms with E-state index in [0.717, 1.165) is 13.0 Å². The number of methoxy groups -OCH3 is 1. The first-order chi connectivity index (χ1) is 10.4. The van der Waals surface area contributed by atoms with E-state index in [1.54, 1.807) is 7.11 Å². The molecular weight excluding hydrogens is 401 g/mol. The van der Waals surface area contributed by atoms with Gasteiger partial charge in [0.1, 0.15) is 0 Å². The second kappa shape index (κ2) is 8.87. The molecule has 2 atom stereocenters. The molecule has 4 nitrogen and oxygen atoms in total. The molecule has 0 aromatic heterocycles. The van der Waals surface area contributed by atoms with E-state index in [9.17, 15) is 0 Å². The summed E-state index contributed by atoms with van der Waals surface area (Å²) in [6, 6.07) is 8.93. The summed E-state index contributed by atoms with van der Waals surface area (Å²) in [5.41, 5.74) is 9.13. The van der Waals surface area contributed by atoms with E-state index in [0.29, 0.717) is 18.5 Å². The van der Waals surface area contributed by atoms with Gasteiger partial charge in [0.25, 0.3) is 0 Å². The number of nitrogens with zero attached hydrogens (tertiary/aromatic N) is 1. The number of halogens is 1. The SMILES string of the molecule is COCC(C)NC(N)=NCC1CCC(C)(C)c2ccccc21.I. The van der Waals surface area contributed by atoms with Crippen LogP contribution in [0.3, 0.4) is 0 Å². The zero-order chi connectivity index (χ0) is 16.2. The lowest BCUT2D eigenvalue weighted by Gasteiger charge is -2.36. The first kappa shape index (κ1) is 20.2. The molecule has 0 saturated carbocycles. The maximum Gasteiger partial charge on any atom is 0.188 e. The Hall–Kier alpha value is -0.820. The molecule has 1 aromatic carbocycles. The zero-order valence-corrected chi connectivity index (χ0v) is 17.0. The Morgan fingerprint density at radius 1 is 1.43 bits per heavy atom. The van der Waals surface area contributed by atoms with Crippen LogP contribution >= 0.6 is 24.0 Å². The average molecular weight is 431 g/mol. The quantitative estimate of drug-likeness (QED) is 0.427. The van der Waals surface area contributed by atoms with E-state index in [2.05, 4.69) is 48.4 Å². The van der Waals surface area contributed by atoms with Crippen LogP contribution in [0.5, 0.6) is 0 Å². The molecule has 1 aliphatic rings. The van der Waals surface area contributed by atoms with Crippen molar-refractivity contribution in [2.24, 2.45) is 10.7 Å². The molecule has 0 spiro atoms. The summed E-state index contributed by atoms with van der Waals surface area (Å²) in [5.74, 6) is 0.967. The third-order valence-electron chi connectivity index (χ3n) is 4.54. The van der Waals surface area contributed by atoms with Crippen LogP contribution in [0.25, 0.3) is 0 Å². The van der Waals surface area contributed by atoms with Crippen molar-refractivity contribution in [1.82, 2.24) is 5.32 Å². The van der Waals surface area contributed by atoms with Crippen molar-refractivity contribution in [1.29, 1.82) is 0 Å². The van der Waals surface area contributed by atoms with Gasteiger partial charge in [-0.1, -0.05) is 38.1 Å². The number of rotatable bonds is 5. The molecule has 2 unspecified atom stereocenters. The molecule has 1 aromatic rings. The maximum absolute atomic E-state index is 5.98. The third kappa shape index (κ3) is 5.35. The summed E-state index contributed by atoms with van der Waals surface area (Å²) < 4.78 is 5.10. The summed E-state index contributed by atoms with van der Waals surface area (Å²) in [5, 5.41) is 3.16. The molecule has 0 bridgehead atoms. The van der Waals surface area contributed by atoms with E-state index in [1.165, 1.54) is 17.5 Å². The van der Waals surface area contributed by atoms with Gasteiger partial charge in [-0.2, -0.15) is 0 Å². The lowest BCUT2D eigenvalue weighted by atomic mass is 9.69. The smallest absolute Gasteiger partial charge is 0.188 e. The fourth-order valence-corrected chi connectivity index (χ4v) is 3.28. The topological polar surface area (TPSA) is 59.6 Å². The lowest BCUT2D eigenvalue weighted by Crippen LogP contribution is -2.41. The van der Waals surface area contributed by atoms with E-state index in [-0.39, 0.29) is 35.4 Å². The van der Waals surface area contributed by atoms with E-state index >= 15 is 0 Å². The van der Waals surface area contributed by atoms with Gasteiger partial charge in [0, 0.05) is 25.6 Å². The highest BCUT2D eigenvalue weighted by Crippen LogP contribution is 2.42. The standard InChI is InChI=1S/C18H29N3O.HI/c1-13(12-22-4)21-17(19)20-11-14-9-10-18(2,3)16-8-6-5-7-15(14)16;/h5-8,13-14H,9-12H2,1-4H3,(H3,19,20,21);1H. The summed E-state index contributed by atoms with van der Waals surface area (Å²) in [4.78, 5) is 4.54. The largest absolute Gasteiger partial charge is 0.383 e. The van der Waals surface area contributed by atoms with E-state index in [4.69, 9.17) is 10.5 Å². The summed E-state index contributed by atoms with van der Waals surface area (Å²) >= 11 is 0. The van der Waals surface area contributed by atoms with Crippen molar-refractivity contribution in [3.05, 3.63) is 35.4 Å². The molecule has 0 radical (unpaired) electrons. The zero-order valence-electron chi connectivity index (χ0n) is 14.6. The minimum absolute atomic E-state index is 0. The van der Waals surface area contributed by atoms with Crippen LogP contribution in [0.1, 0.15) is 50.7 Å². The van der Waals surface area contributed by atoms with Crippen molar-refractivity contribution in [3.8, 4) is 0 Å². The van der Waals surface area contributed by atoms with E-state index < -0.39 is 0 Å². The molecule has 0 fully saturated rings. The number of nitrogens with one attached hydrogen (secondary N) is 1. The Bertz CT molecular complexity index is 531. The fraction of sp³-hybridized carbons (Fsp3) is 0.611. The third-order valence-corrected chi connectivity index (χ3v) is 4.54. The Morgan fingerprint density at radius 2 is 2.13 bits per heavy atom. The molecule has 0 aliphatic heterocycles. The Balaban J connectivity index is 0.00000264. The van der Waals surface area contributed by atoms with Crippen LogP contribution in [0.4, 0.5) is 0 Å². The number of hydrogen-bond donors (Lipinski definition) is 2. The average Bonchev–Trinajstić information content (AvgIpc) is 2.47. The van der Waals surface area contributed by atoms with Crippen LogP contribution in [0.2, 0.25) is 0 Å². The second-order valence-corrected chi connectivity index (χ2v) is 6.93. The number of guanidine groups is 1. The maximum atomic E-state index is 5.98. The molecule has 0 heterocycles. The predicted octanol–water partition coefficient (Wildman–Crippen LogP) is 3.40. The van der Waals surface area contributed by atoms with Gasteiger partial charge in [-0.3, -0.25) is 4.99 Å². The minimum Gasteiger partial charge on any atom is -0.383 e. The highest BCUT2D eigenvalue weighted by atomic mass is 127. The van der Waals surface area contributed by atoms with Gasteiger partial charge >= 0.3 is 0 Å². The summed E-state index contributed by atoms with van der Waals surface area (Å²) in [6.07, 6.45) is 2.35. The van der Waals surface area contributed by atoms with Crippen molar-refractivity contribution in [3.63, 3.8) is 0 Å². The van der Waals surface area contributed by atoms with Gasteiger partial charge in [-0.25, -0.2) is 0 Å². The lowest BCUT2D eigenvalue weighted by molar-refractivity contribution is 0.179. The molecule has 130 valence electrons. The molecule has 0 amide bonds. The molecule has 1 aliphatic carbocycles. The molecule has 3 N–H and O–H groups in total. The van der Waals surface area contributed by atoms with Gasteiger partial charge in [-0.05, 0) is 36.3 Å². The fourth-order valence-electron chi connectivity index (χ4n) is 3.28. The Labute approximate surface area is 157 Å². The number of fused-ring (bicyclic) bond motifs is 1. The van der Waals surface area contributed by atoms with Crippen molar-refractivity contribution in [2.45, 2.75) is 51.0 Å². The number of ether oxygens (including phenoxy) is 1. The van der Waals surface area contributed by atoms with E-state index in [1.807, 2.05) is 6.92 Å². The van der Waals surface area contributed by atoms with Crippen molar-refractivity contribution in [2.75, 3.05) is 20.3 Å². The highest BCUT2D eigenvalue weighted by molar-refractivity contribution is 14.0. The predicted molar refractivity (Wildman–Crippen MR) is 108 cm³/mol. The summed E-state index contributed by atoms with van der Waals surface area (Å²) in [7, 11) is 1.69. The second-order valence-electron chi connectivity index (χ2n) is 6.93. The molecule has 23 heavy (non-hydrogen) atoms. The number of hydrogen-bond acceptors (Lipinski definition) is 2. The van der Waals surface area contributed by atoms with Gasteiger partial charge in [-0.15, -0.1) is 24.0 Å². The van der Waals surface area contributed by atoms with Gasteiger partial charge < -0.3 is 15.8 Å². The van der Waals surface area contributed by atoms with Crippen molar-refractivity contribution < 1.29 is 4.74 Å². The van der Waals surface area contributed by atoms with Gasteiger partial charge in [0.2, 0.25) is 0 Å². The first-order valence-electron chi connectivity index (χ1n) is 8.09. The van der Waals surface area contributed by atoms with Crippen LogP contribution in [0.15, 0.2) is 29.3 Å². The highest BCUT2D eigenvalue weighted by Gasteiger charge is 2.31. The molecule has 2 rings (SSSR count). The summed E-state index contributed by atoms with van der Waals surface area (Å²) in [6.45, 7) is 8.05. The van der Waals surface area contributed by atoms with Gasteiger partial charge in [0.05, 0.1) is 6.61 Å². The van der Waals surface area contributed by atoms with Crippen LogP contribution in [-0.2, 0) is 10.2 Å². The first-order valence-corrected chi connectivity index (χ1v) is 8.09. The normalized spacial score (nSPS) is 21.0. The number of nitrogens with two attached hydrogens (primary N) is 1. The number of aliphatic imine (C=N–C) groups is 1. The molecule has 5 heteroatoms. The van der Waals surface area contributed by atoms with Crippen LogP contribution in [-0.4, -0.2) is 32.3 Å². The van der Waals surface area contributed by atoms with Gasteiger partial charge in [0.15, 0.2) is 5.96 Å². The minimum atomic E-state index is 0. The molecular formula is C18H30IN3O. The Morgan fingerprint density at radius 3 is 2.83 bits per heavy atom.